The molecule has 1 aromatic rings. The largest absolute Gasteiger partial charge is 0.359 e. The number of likely N-dealkylation sites (tertiary alicyclic amines) is 1. The standard InChI is InChI=1S/C15H23N5O2/c1-17-7-5-6-11(9-17)10-18(2)13-12(8-16)14(21)20(4)15(22)19(13)3/h11H,5-7,9-10H2,1-4H3. The SMILES string of the molecule is CN1CCCC(CN(C)c2c(C#N)c(=O)n(C)c(=O)n2C)C1. The molecule has 0 radical (unpaired) electrons. The van der Waals surface area contributed by atoms with Crippen LogP contribution in [0.3, 0.4) is 0 Å². The van der Waals surface area contributed by atoms with Gasteiger partial charge in [0.05, 0.1) is 0 Å². The van der Waals surface area contributed by atoms with Crippen molar-refractivity contribution in [1.82, 2.24) is 14.0 Å². The van der Waals surface area contributed by atoms with E-state index in [1.54, 1.807) is 7.05 Å². The second-order valence-corrected chi connectivity index (χ2v) is 6.17. The van der Waals surface area contributed by atoms with Crippen LogP contribution in [-0.4, -0.2) is 47.8 Å². The molecule has 1 fully saturated rings. The van der Waals surface area contributed by atoms with Crippen molar-refractivity contribution >= 4 is 5.82 Å². The van der Waals surface area contributed by atoms with Gasteiger partial charge in [-0.3, -0.25) is 13.9 Å². The van der Waals surface area contributed by atoms with Crippen LogP contribution in [0.1, 0.15) is 18.4 Å². The maximum absolute atomic E-state index is 12.1. The van der Waals surface area contributed by atoms with Gasteiger partial charge in [-0.1, -0.05) is 0 Å². The lowest BCUT2D eigenvalue weighted by molar-refractivity contribution is 0.213. The van der Waals surface area contributed by atoms with Gasteiger partial charge >= 0.3 is 5.69 Å². The third-order valence-electron chi connectivity index (χ3n) is 4.36. The smallest absolute Gasteiger partial charge is 0.332 e. The summed E-state index contributed by atoms with van der Waals surface area (Å²) in [7, 11) is 6.93. The van der Waals surface area contributed by atoms with Gasteiger partial charge in [0.2, 0.25) is 0 Å². The Morgan fingerprint density at radius 1 is 1.27 bits per heavy atom. The van der Waals surface area contributed by atoms with Crippen LogP contribution in [-0.2, 0) is 14.1 Å². The lowest BCUT2D eigenvalue weighted by atomic mass is 9.98. The van der Waals surface area contributed by atoms with E-state index in [4.69, 9.17) is 0 Å². The predicted molar refractivity (Wildman–Crippen MR) is 85.1 cm³/mol. The molecule has 1 aromatic heterocycles. The van der Waals surface area contributed by atoms with Gasteiger partial charge in [-0.25, -0.2) is 4.79 Å². The minimum atomic E-state index is -0.534. The van der Waals surface area contributed by atoms with Crippen LogP contribution in [0.2, 0.25) is 0 Å². The molecule has 22 heavy (non-hydrogen) atoms. The van der Waals surface area contributed by atoms with Crippen LogP contribution in [0.15, 0.2) is 9.59 Å². The van der Waals surface area contributed by atoms with Gasteiger partial charge in [-0.2, -0.15) is 5.26 Å². The fourth-order valence-electron chi connectivity index (χ4n) is 3.27. The molecule has 7 heteroatoms. The molecule has 1 saturated heterocycles. The molecule has 0 aliphatic carbocycles. The molecule has 0 spiro atoms. The third-order valence-corrected chi connectivity index (χ3v) is 4.36. The summed E-state index contributed by atoms with van der Waals surface area (Å²) < 4.78 is 2.36. The second-order valence-electron chi connectivity index (χ2n) is 6.17. The normalized spacial score (nSPS) is 19.0. The quantitative estimate of drug-likeness (QED) is 0.769. The summed E-state index contributed by atoms with van der Waals surface area (Å²) in [6, 6.07) is 1.95. The lowest BCUT2D eigenvalue weighted by Crippen LogP contribution is -2.44. The van der Waals surface area contributed by atoms with Crippen molar-refractivity contribution in [2.45, 2.75) is 12.8 Å². The summed E-state index contributed by atoms with van der Waals surface area (Å²) in [5.41, 5.74) is -0.920. The van der Waals surface area contributed by atoms with Gasteiger partial charge in [-0.05, 0) is 32.4 Å². The molecule has 2 heterocycles. The molecular weight excluding hydrogens is 282 g/mol. The van der Waals surface area contributed by atoms with Crippen molar-refractivity contribution in [3.63, 3.8) is 0 Å². The van der Waals surface area contributed by atoms with E-state index in [9.17, 15) is 14.9 Å². The molecule has 1 aliphatic heterocycles. The minimum Gasteiger partial charge on any atom is -0.359 e. The summed E-state index contributed by atoms with van der Waals surface area (Å²) in [6.07, 6.45) is 2.27. The molecule has 7 nitrogen and oxygen atoms in total. The monoisotopic (exact) mass is 305 g/mol. The zero-order valence-electron chi connectivity index (χ0n) is 13.7. The van der Waals surface area contributed by atoms with E-state index in [1.165, 1.54) is 11.6 Å². The Labute approximate surface area is 130 Å². The van der Waals surface area contributed by atoms with Gasteiger partial charge in [0.25, 0.3) is 5.56 Å². The van der Waals surface area contributed by atoms with E-state index >= 15 is 0 Å². The first kappa shape index (κ1) is 16.3. The summed E-state index contributed by atoms with van der Waals surface area (Å²) in [4.78, 5) is 28.4. The summed E-state index contributed by atoms with van der Waals surface area (Å²) >= 11 is 0. The number of hydrogen-bond acceptors (Lipinski definition) is 5. The van der Waals surface area contributed by atoms with Gasteiger partial charge in [0.1, 0.15) is 11.9 Å². The van der Waals surface area contributed by atoms with Crippen LogP contribution in [0.4, 0.5) is 5.82 Å². The summed E-state index contributed by atoms with van der Waals surface area (Å²) in [6.45, 7) is 2.82. The van der Waals surface area contributed by atoms with E-state index in [1.807, 2.05) is 18.0 Å². The van der Waals surface area contributed by atoms with Crippen molar-refractivity contribution in [3.8, 4) is 6.07 Å². The number of anilines is 1. The highest BCUT2D eigenvalue weighted by molar-refractivity contribution is 5.52. The first-order valence-electron chi connectivity index (χ1n) is 7.46. The van der Waals surface area contributed by atoms with Gasteiger partial charge in [0.15, 0.2) is 5.56 Å². The zero-order chi connectivity index (χ0) is 16.4. The fourth-order valence-corrected chi connectivity index (χ4v) is 3.27. The Balaban J connectivity index is 2.37. The van der Waals surface area contributed by atoms with Gasteiger partial charge in [0, 0.05) is 34.2 Å². The Morgan fingerprint density at radius 3 is 2.55 bits per heavy atom. The van der Waals surface area contributed by atoms with Crippen LogP contribution >= 0.6 is 0 Å². The maximum Gasteiger partial charge on any atom is 0.332 e. The van der Waals surface area contributed by atoms with E-state index in [2.05, 4.69) is 11.9 Å². The van der Waals surface area contributed by atoms with E-state index in [0.717, 1.165) is 37.0 Å². The highest BCUT2D eigenvalue weighted by atomic mass is 16.2. The van der Waals surface area contributed by atoms with Crippen molar-refractivity contribution in [2.24, 2.45) is 20.0 Å². The van der Waals surface area contributed by atoms with Gasteiger partial charge in [-0.15, -0.1) is 0 Å². The molecule has 0 amide bonds. The zero-order valence-corrected chi connectivity index (χ0v) is 13.7. The number of aromatic nitrogens is 2. The molecule has 0 N–H and O–H groups in total. The minimum absolute atomic E-state index is 0.0243. The van der Waals surface area contributed by atoms with Crippen molar-refractivity contribution in [2.75, 3.05) is 38.6 Å². The molecular formula is C15H23N5O2. The van der Waals surface area contributed by atoms with E-state index < -0.39 is 11.2 Å². The number of piperidine rings is 1. The van der Waals surface area contributed by atoms with Crippen LogP contribution in [0.25, 0.3) is 0 Å². The first-order chi connectivity index (χ1) is 10.4. The average molecular weight is 305 g/mol. The van der Waals surface area contributed by atoms with Crippen molar-refractivity contribution in [3.05, 3.63) is 26.4 Å². The number of nitriles is 1. The Hall–Kier alpha value is -2.07. The summed E-state index contributed by atoms with van der Waals surface area (Å²) in [5.74, 6) is 0.873. The van der Waals surface area contributed by atoms with Crippen LogP contribution < -0.4 is 16.1 Å². The number of rotatable bonds is 3. The molecule has 1 aliphatic rings. The predicted octanol–water partition coefficient (Wildman–Crippen LogP) is -0.266. The highest BCUT2D eigenvalue weighted by Crippen LogP contribution is 2.20. The first-order valence-corrected chi connectivity index (χ1v) is 7.46. The fraction of sp³-hybridized carbons (Fsp3) is 0.667. The van der Waals surface area contributed by atoms with Crippen molar-refractivity contribution in [1.29, 1.82) is 5.26 Å². The Kier molecular flexibility index (Phi) is 4.71. The lowest BCUT2D eigenvalue weighted by Gasteiger charge is -2.33. The van der Waals surface area contributed by atoms with Gasteiger partial charge < -0.3 is 9.80 Å². The van der Waals surface area contributed by atoms with E-state index in [0.29, 0.717) is 11.7 Å². The molecule has 0 saturated carbocycles. The average Bonchev–Trinajstić information content (AvgIpc) is 2.48. The molecule has 120 valence electrons. The maximum atomic E-state index is 12.1. The van der Waals surface area contributed by atoms with Crippen LogP contribution in [0, 0.1) is 17.2 Å². The number of hydrogen-bond donors (Lipinski definition) is 0. The third kappa shape index (κ3) is 2.92. The molecule has 0 bridgehead atoms. The topological polar surface area (TPSA) is 74.3 Å². The molecule has 1 unspecified atom stereocenters. The molecule has 2 rings (SSSR count). The Bertz CT molecular complexity index is 712. The summed E-state index contributed by atoms with van der Waals surface area (Å²) in [5, 5.41) is 9.32. The Morgan fingerprint density at radius 2 is 1.95 bits per heavy atom. The van der Waals surface area contributed by atoms with Crippen LogP contribution in [0.5, 0.6) is 0 Å². The van der Waals surface area contributed by atoms with E-state index in [-0.39, 0.29) is 5.56 Å². The second kappa shape index (κ2) is 6.36. The number of nitrogens with zero attached hydrogens (tertiary/aromatic N) is 5. The molecule has 1 atom stereocenters. The highest BCUT2D eigenvalue weighted by Gasteiger charge is 2.23. The van der Waals surface area contributed by atoms with Crippen molar-refractivity contribution < 1.29 is 0 Å². The molecule has 0 aromatic carbocycles.